The van der Waals surface area contributed by atoms with Crippen LogP contribution in [0.4, 0.5) is 0 Å². The predicted octanol–water partition coefficient (Wildman–Crippen LogP) is 3.91. The van der Waals surface area contributed by atoms with Crippen LogP contribution in [0.2, 0.25) is 0 Å². The normalized spacial score (nSPS) is 11.9. The summed E-state index contributed by atoms with van der Waals surface area (Å²) < 4.78 is 16.6. The number of hydrogen-bond acceptors (Lipinski definition) is 2. The zero-order valence-corrected chi connectivity index (χ0v) is 9.82. The van der Waals surface area contributed by atoms with Gasteiger partial charge in [0.25, 0.3) is 0 Å². The average molecular weight is 223 g/mol. The molecule has 0 fully saturated rings. The fourth-order valence-electron chi connectivity index (χ4n) is 1.10. The van der Waals surface area contributed by atoms with Gasteiger partial charge in [-0.1, -0.05) is 43.3 Å². The fourth-order valence-corrected chi connectivity index (χ4v) is 1.82. The van der Waals surface area contributed by atoms with Crippen molar-refractivity contribution in [1.82, 2.24) is 0 Å². The maximum atomic E-state index is 11.4. The lowest BCUT2D eigenvalue weighted by atomic mass is 10.2. The van der Waals surface area contributed by atoms with Gasteiger partial charge in [-0.2, -0.15) is 0 Å². The molecule has 2 nitrogen and oxygen atoms in total. The van der Waals surface area contributed by atoms with Crippen molar-refractivity contribution in [2.45, 2.75) is 20.0 Å². The maximum Gasteiger partial charge on any atom is 0.512 e. The molecule has 0 radical (unpaired) electrons. The molecule has 1 rings (SSSR count). The molecule has 0 aromatic heterocycles. The van der Waals surface area contributed by atoms with Crippen LogP contribution in [-0.4, -0.2) is 6.16 Å². The molecule has 1 atom stereocenters. The first-order valence-corrected chi connectivity index (χ1v) is 6.45. The standard InChI is InChI=1S/C12H16O2P/c1-2-3-7-10-15(13)14-11-12-8-5-4-6-9-12/h3-9H,2,10-11H2,1H3/q+1/b7-3+. The highest BCUT2D eigenvalue weighted by Crippen LogP contribution is 2.23. The molecule has 0 saturated carbocycles. The van der Waals surface area contributed by atoms with E-state index in [1.165, 1.54) is 0 Å². The minimum Gasteiger partial charge on any atom is -0.141 e. The van der Waals surface area contributed by atoms with Gasteiger partial charge in [0, 0.05) is 0 Å². The Balaban J connectivity index is 2.26. The van der Waals surface area contributed by atoms with Gasteiger partial charge in [-0.25, -0.2) is 0 Å². The van der Waals surface area contributed by atoms with Crippen LogP contribution < -0.4 is 0 Å². The zero-order valence-electron chi connectivity index (χ0n) is 8.93. The fraction of sp³-hybridized carbons (Fsp3) is 0.333. The molecule has 0 saturated heterocycles. The lowest BCUT2D eigenvalue weighted by Crippen LogP contribution is -1.85. The van der Waals surface area contributed by atoms with Gasteiger partial charge in [0.2, 0.25) is 0 Å². The second kappa shape index (κ2) is 7.33. The van der Waals surface area contributed by atoms with Crippen molar-refractivity contribution < 1.29 is 9.09 Å². The van der Waals surface area contributed by atoms with Crippen molar-refractivity contribution in [2.75, 3.05) is 6.16 Å². The van der Waals surface area contributed by atoms with Crippen molar-refractivity contribution in [3.05, 3.63) is 48.0 Å². The molecule has 0 aliphatic carbocycles. The van der Waals surface area contributed by atoms with Crippen molar-refractivity contribution in [3.63, 3.8) is 0 Å². The molecule has 3 heteroatoms. The number of rotatable bonds is 6. The molecule has 1 unspecified atom stereocenters. The summed E-state index contributed by atoms with van der Waals surface area (Å²) in [6.07, 6.45) is 5.39. The second-order valence-electron chi connectivity index (χ2n) is 3.15. The van der Waals surface area contributed by atoms with Crippen LogP contribution >= 0.6 is 8.03 Å². The minimum atomic E-state index is -1.55. The van der Waals surface area contributed by atoms with E-state index in [0.717, 1.165) is 12.0 Å². The van der Waals surface area contributed by atoms with Gasteiger partial charge >= 0.3 is 8.03 Å². The van der Waals surface area contributed by atoms with Crippen LogP contribution in [0.1, 0.15) is 18.9 Å². The molecular formula is C12H16O2P+. The zero-order chi connectivity index (χ0) is 10.9. The van der Waals surface area contributed by atoms with Crippen LogP contribution in [0.5, 0.6) is 0 Å². The smallest absolute Gasteiger partial charge is 0.141 e. The van der Waals surface area contributed by atoms with Gasteiger partial charge in [-0.15, -0.1) is 4.52 Å². The van der Waals surface area contributed by atoms with Crippen LogP contribution in [0, 0.1) is 0 Å². The van der Waals surface area contributed by atoms with E-state index < -0.39 is 8.03 Å². The molecule has 0 amide bonds. The summed E-state index contributed by atoms with van der Waals surface area (Å²) in [7, 11) is -1.55. The summed E-state index contributed by atoms with van der Waals surface area (Å²) in [5, 5.41) is 0. The molecule has 0 spiro atoms. The summed E-state index contributed by atoms with van der Waals surface area (Å²) in [5.74, 6) is 0. The maximum absolute atomic E-state index is 11.4. The van der Waals surface area contributed by atoms with E-state index in [4.69, 9.17) is 4.52 Å². The van der Waals surface area contributed by atoms with Gasteiger partial charge in [-0.05, 0) is 22.6 Å². The third kappa shape index (κ3) is 5.46. The molecule has 80 valence electrons. The first-order chi connectivity index (χ1) is 7.33. The van der Waals surface area contributed by atoms with E-state index in [-0.39, 0.29) is 0 Å². The van der Waals surface area contributed by atoms with Crippen molar-refractivity contribution in [3.8, 4) is 0 Å². The Labute approximate surface area is 91.8 Å². The quantitative estimate of drug-likeness (QED) is 0.539. The number of benzene rings is 1. The number of allylic oxidation sites excluding steroid dienone is 2. The molecule has 0 aliphatic heterocycles. The lowest BCUT2D eigenvalue weighted by molar-refractivity contribution is 0.320. The highest BCUT2D eigenvalue weighted by Gasteiger charge is 2.14. The van der Waals surface area contributed by atoms with E-state index in [0.29, 0.717) is 12.8 Å². The monoisotopic (exact) mass is 223 g/mol. The predicted molar refractivity (Wildman–Crippen MR) is 63.1 cm³/mol. The highest BCUT2D eigenvalue weighted by atomic mass is 31.1. The minimum absolute atomic E-state index is 0.427. The van der Waals surface area contributed by atoms with Crippen LogP contribution in [0.25, 0.3) is 0 Å². The topological polar surface area (TPSA) is 26.3 Å². The van der Waals surface area contributed by atoms with E-state index in [1.54, 1.807) is 0 Å². The Morgan fingerprint density at radius 1 is 1.27 bits per heavy atom. The summed E-state index contributed by atoms with van der Waals surface area (Å²) in [6.45, 7) is 2.48. The summed E-state index contributed by atoms with van der Waals surface area (Å²) in [6, 6.07) is 9.77. The third-order valence-corrected chi connectivity index (χ3v) is 2.80. The Hall–Kier alpha value is -0.980. The van der Waals surface area contributed by atoms with E-state index in [2.05, 4.69) is 0 Å². The van der Waals surface area contributed by atoms with Gasteiger partial charge in [0.1, 0.15) is 6.61 Å². The molecule has 1 aromatic rings. The van der Waals surface area contributed by atoms with Gasteiger partial charge in [0.05, 0.1) is 0 Å². The molecular weight excluding hydrogens is 207 g/mol. The van der Waals surface area contributed by atoms with Crippen molar-refractivity contribution in [2.24, 2.45) is 0 Å². The molecule has 0 aliphatic rings. The summed E-state index contributed by atoms with van der Waals surface area (Å²) >= 11 is 0. The van der Waals surface area contributed by atoms with E-state index in [1.807, 2.05) is 49.4 Å². The average Bonchev–Trinajstić information content (AvgIpc) is 2.28. The molecule has 0 N–H and O–H groups in total. The molecule has 0 heterocycles. The molecule has 15 heavy (non-hydrogen) atoms. The Morgan fingerprint density at radius 3 is 2.67 bits per heavy atom. The van der Waals surface area contributed by atoms with Gasteiger partial charge in [-0.3, -0.25) is 0 Å². The Kier molecular flexibility index (Phi) is 5.91. The third-order valence-electron chi connectivity index (χ3n) is 1.87. The number of hydrogen-bond donors (Lipinski definition) is 0. The molecule has 1 aromatic carbocycles. The highest BCUT2D eigenvalue weighted by molar-refractivity contribution is 7.39. The van der Waals surface area contributed by atoms with E-state index in [9.17, 15) is 4.57 Å². The van der Waals surface area contributed by atoms with Crippen LogP contribution in [0.3, 0.4) is 0 Å². The Morgan fingerprint density at radius 2 is 2.00 bits per heavy atom. The SMILES string of the molecule is CC/C=C/C[P+](=O)OCc1ccccc1. The van der Waals surface area contributed by atoms with Crippen LogP contribution in [-0.2, 0) is 15.7 Å². The van der Waals surface area contributed by atoms with E-state index >= 15 is 0 Å². The largest absolute Gasteiger partial charge is 0.512 e. The lowest BCUT2D eigenvalue weighted by Gasteiger charge is -1.92. The van der Waals surface area contributed by atoms with Crippen molar-refractivity contribution in [1.29, 1.82) is 0 Å². The summed E-state index contributed by atoms with van der Waals surface area (Å²) in [5.41, 5.74) is 1.06. The van der Waals surface area contributed by atoms with Gasteiger partial charge < -0.3 is 0 Å². The van der Waals surface area contributed by atoms with Crippen LogP contribution in [0.15, 0.2) is 42.5 Å². The summed E-state index contributed by atoms with van der Waals surface area (Å²) in [4.78, 5) is 0. The van der Waals surface area contributed by atoms with Crippen molar-refractivity contribution >= 4 is 8.03 Å². The van der Waals surface area contributed by atoms with Gasteiger partial charge in [0.15, 0.2) is 6.16 Å². The first-order valence-electron chi connectivity index (χ1n) is 5.09. The first kappa shape index (κ1) is 12.1. The second-order valence-corrected chi connectivity index (χ2v) is 4.44. The Bertz CT molecular complexity index is 320. The molecule has 0 bridgehead atoms.